The first-order valence-corrected chi connectivity index (χ1v) is 5.01. The van der Waals surface area contributed by atoms with E-state index in [0.717, 1.165) is 6.42 Å². The van der Waals surface area contributed by atoms with Gasteiger partial charge in [-0.3, -0.25) is 4.79 Å². The Kier molecular flexibility index (Phi) is 1.59. The van der Waals surface area contributed by atoms with Crippen LogP contribution in [0.25, 0.3) is 0 Å². The first-order chi connectivity index (χ1) is 6.77. The smallest absolute Gasteiger partial charge is 0.313 e. The van der Waals surface area contributed by atoms with Gasteiger partial charge >= 0.3 is 5.97 Å². The molecule has 14 heavy (non-hydrogen) atoms. The Labute approximate surface area is 82.1 Å². The third-order valence-electron chi connectivity index (χ3n) is 3.50. The van der Waals surface area contributed by atoms with Crippen LogP contribution in [0.15, 0.2) is 24.3 Å². The maximum absolute atomic E-state index is 11.5. The maximum Gasteiger partial charge on any atom is 0.313 e. The zero-order chi connectivity index (χ0) is 9.71. The van der Waals surface area contributed by atoms with E-state index in [1.165, 1.54) is 0 Å². The van der Waals surface area contributed by atoms with Crippen molar-refractivity contribution >= 4 is 5.97 Å². The number of hydrogen-bond acceptors (Lipinski definition) is 3. The third-order valence-corrected chi connectivity index (χ3v) is 3.50. The SMILES string of the molecule is O=C1O[C@H]2C=C[C@@H](O)[C@@H]3CC=C[C@@H]1[C@@H]32. The number of carbonyl (C=O) groups is 1. The zero-order valence-electron chi connectivity index (χ0n) is 7.67. The number of esters is 1. The Balaban J connectivity index is 2.04. The molecule has 1 N–H and O–H groups in total. The topological polar surface area (TPSA) is 46.5 Å². The Morgan fingerprint density at radius 2 is 2.21 bits per heavy atom. The lowest BCUT2D eigenvalue weighted by Crippen LogP contribution is -2.39. The van der Waals surface area contributed by atoms with Gasteiger partial charge in [-0.05, 0) is 18.4 Å². The highest BCUT2D eigenvalue weighted by Crippen LogP contribution is 2.44. The predicted molar refractivity (Wildman–Crippen MR) is 49.3 cm³/mol. The molecular formula is C11H12O3. The van der Waals surface area contributed by atoms with Crippen molar-refractivity contribution in [1.82, 2.24) is 0 Å². The van der Waals surface area contributed by atoms with Crippen LogP contribution in [0.4, 0.5) is 0 Å². The van der Waals surface area contributed by atoms with Crippen LogP contribution in [0.2, 0.25) is 0 Å². The van der Waals surface area contributed by atoms with Gasteiger partial charge in [-0.1, -0.05) is 18.2 Å². The van der Waals surface area contributed by atoms with Crippen LogP contribution in [0.3, 0.4) is 0 Å². The number of aliphatic hydroxyl groups is 1. The van der Waals surface area contributed by atoms with E-state index in [2.05, 4.69) is 0 Å². The van der Waals surface area contributed by atoms with E-state index in [0.29, 0.717) is 0 Å². The molecular weight excluding hydrogens is 180 g/mol. The molecule has 1 aliphatic heterocycles. The van der Waals surface area contributed by atoms with Gasteiger partial charge in [-0.25, -0.2) is 0 Å². The molecule has 0 aromatic heterocycles. The Bertz CT molecular complexity index is 331. The van der Waals surface area contributed by atoms with Gasteiger partial charge in [-0.2, -0.15) is 0 Å². The minimum absolute atomic E-state index is 0.106. The van der Waals surface area contributed by atoms with E-state index in [4.69, 9.17) is 4.74 Å². The molecule has 2 aliphatic carbocycles. The van der Waals surface area contributed by atoms with E-state index in [9.17, 15) is 9.90 Å². The molecule has 5 atom stereocenters. The Morgan fingerprint density at radius 1 is 1.36 bits per heavy atom. The van der Waals surface area contributed by atoms with Gasteiger partial charge in [-0.15, -0.1) is 0 Å². The number of rotatable bonds is 0. The molecule has 3 heteroatoms. The lowest BCUT2D eigenvalue weighted by Gasteiger charge is -2.35. The summed E-state index contributed by atoms with van der Waals surface area (Å²) in [6.45, 7) is 0. The second kappa shape index (κ2) is 2.70. The Hall–Kier alpha value is -1.09. The fraction of sp³-hybridized carbons (Fsp3) is 0.545. The van der Waals surface area contributed by atoms with Crippen LogP contribution in [-0.4, -0.2) is 23.3 Å². The molecule has 0 saturated carbocycles. The number of ether oxygens (including phenoxy) is 1. The van der Waals surface area contributed by atoms with Gasteiger partial charge in [0, 0.05) is 5.92 Å². The summed E-state index contributed by atoms with van der Waals surface area (Å²) in [5, 5.41) is 9.77. The number of carbonyl (C=O) groups excluding carboxylic acids is 1. The monoisotopic (exact) mass is 192 g/mol. The van der Waals surface area contributed by atoms with Crippen molar-refractivity contribution in [3.63, 3.8) is 0 Å². The van der Waals surface area contributed by atoms with Gasteiger partial charge in [0.05, 0.1) is 12.0 Å². The van der Waals surface area contributed by atoms with Gasteiger partial charge in [0.2, 0.25) is 0 Å². The second-order valence-corrected chi connectivity index (χ2v) is 4.21. The number of hydrogen-bond donors (Lipinski definition) is 1. The molecule has 3 aliphatic rings. The second-order valence-electron chi connectivity index (χ2n) is 4.21. The molecule has 3 nitrogen and oxygen atoms in total. The standard InChI is InChI=1S/C11H12O3/c12-8-4-5-9-10-6(8)2-1-3-7(10)11(13)14-9/h1,3-10,12H,2H2/t6-,7+,8+,9-,10+/m0/s1. The number of aliphatic hydroxyl groups excluding tert-OH is 1. The van der Waals surface area contributed by atoms with Crippen LogP contribution in [0.5, 0.6) is 0 Å². The molecule has 1 fully saturated rings. The minimum Gasteiger partial charge on any atom is -0.457 e. The molecule has 0 bridgehead atoms. The lowest BCUT2D eigenvalue weighted by atomic mass is 9.69. The highest BCUT2D eigenvalue weighted by molar-refractivity contribution is 5.78. The first-order valence-electron chi connectivity index (χ1n) is 5.01. The van der Waals surface area contributed by atoms with Crippen LogP contribution in [0, 0.1) is 17.8 Å². The summed E-state index contributed by atoms with van der Waals surface area (Å²) in [5.74, 6) is 0.0528. The van der Waals surface area contributed by atoms with Crippen molar-refractivity contribution in [2.75, 3.05) is 0 Å². The highest BCUT2D eigenvalue weighted by atomic mass is 16.6. The molecule has 1 saturated heterocycles. The predicted octanol–water partition coefficient (Wildman–Crippen LogP) is 0.651. The van der Waals surface area contributed by atoms with Gasteiger partial charge in [0.1, 0.15) is 6.10 Å². The molecule has 0 amide bonds. The van der Waals surface area contributed by atoms with E-state index < -0.39 is 6.10 Å². The molecule has 0 unspecified atom stereocenters. The van der Waals surface area contributed by atoms with Gasteiger partial charge in [0.25, 0.3) is 0 Å². The van der Waals surface area contributed by atoms with Crippen molar-refractivity contribution in [2.45, 2.75) is 18.6 Å². The maximum atomic E-state index is 11.5. The summed E-state index contributed by atoms with van der Waals surface area (Å²) >= 11 is 0. The molecule has 0 aromatic rings. The van der Waals surface area contributed by atoms with Gasteiger partial charge in [0.15, 0.2) is 0 Å². The van der Waals surface area contributed by atoms with Crippen molar-refractivity contribution in [1.29, 1.82) is 0 Å². The first kappa shape index (κ1) is 8.24. The summed E-state index contributed by atoms with van der Waals surface area (Å²) in [4.78, 5) is 11.5. The fourth-order valence-electron chi connectivity index (χ4n) is 2.81. The average Bonchev–Trinajstić information content (AvgIpc) is 2.52. The molecule has 1 heterocycles. The van der Waals surface area contributed by atoms with Gasteiger partial charge < -0.3 is 9.84 Å². The highest BCUT2D eigenvalue weighted by Gasteiger charge is 2.50. The Morgan fingerprint density at radius 3 is 3.07 bits per heavy atom. The van der Waals surface area contributed by atoms with E-state index >= 15 is 0 Å². The van der Waals surface area contributed by atoms with E-state index in [-0.39, 0.29) is 29.8 Å². The quantitative estimate of drug-likeness (QED) is 0.453. The average molecular weight is 192 g/mol. The summed E-state index contributed by atoms with van der Waals surface area (Å²) in [5.41, 5.74) is 0. The summed E-state index contributed by atoms with van der Waals surface area (Å²) in [7, 11) is 0. The fourth-order valence-corrected chi connectivity index (χ4v) is 2.81. The largest absolute Gasteiger partial charge is 0.457 e. The molecule has 0 spiro atoms. The summed E-state index contributed by atoms with van der Waals surface area (Å²) in [6, 6.07) is 0. The van der Waals surface area contributed by atoms with E-state index in [1.807, 2.05) is 18.2 Å². The summed E-state index contributed by atoms with van der Waals surface area (Å²) < 4.78 is 5.24. The van der Waals surface area contributed by atoms with Crippen LogP contribution < -0.4 is 0 Å². The summed E-state index contributed by atoms with van der Waals surface area (Å²) in [6.07, 6.45) is 7.81. The van der Waals surface area contributed by atoms with Crippen LogP contribution in [-0.2, 0) is 9.53 Å². The molecule has 3 rings (SSSR count). The van der Waals surface area contributed by atoms with Crippen molar-refractivity contribution in [3.05, 3.63) is 24.3 Å². The van der Waals surface area contributed by atoms with Crippen LogP contribution in [0.1, 0.15) is 6.42 Å². The van der Waals surface area contributed by atoms with E-state index in [1.54, 1.807) is 6.08 Å². The lowest BCUT2D eigenvalue weighted by molar-refractivity contribution is -0.142. The van der Waals surface area contributed by atoms with Crippen molar-refractivity contribution in [3.8, 4) is 0 Å². The molecule has 74 valence electrons. The normalized spacial score (nSPS) is 48.9. The van der Waals surface area contributed by atoms with Crippen LogP contribution >= 0.6 is 0 Å². The van der Waals surface area contributed by atoms with Crippen molar-refractivity contribution in [2.24, 2.45) is 17.8 Å². The third kappa shape index (κ3) is 0.932. The molecule has 0 aromatic carbocycles. The minimum atomic E-state index is -0.418. The molecule has 0 radical (unpaired) electrons. The van der Waals surface area contributed by atoms with Crippen molar-refractivity contribution < 1.29 is 14.6 Å². The zero-order valence-corrected chi connectivity index (χ0v) is 7.67. The number of allylic oxidation sites excluding steroid dienone is 1.